The molecule has 0 fully saturated rings. The molecule has 0 aromatic heterocycles. The first-order valence-corrected chi connectivity index (χ1v) is 5.65. The van der Waals surface area contributed by atoms with Crippen molar-refractivity contribution in [1.82, 2.24) is 0 Å². The lowest BCUT2D eigenvalue weighted by Gasteiger charge is -2.10. The van der Waals surface area contributed by atoms with E-state index in [4.69, 9.17) is 9.84 Å². The van der Waals surface area contributed by atoms with Crippen LogP contribution < -0.4 is 5.32 Å². The van der Waals surface area contributed by atoms with Crippen LogP contribution in [-0.4, -0.2) is 29.7 Å². The smallest absolute Gasteiger partial charge is 0.337 e. The van der Waals surface area contributed by atoms with Gasteiger partial charge in [-0.1, -0.05) is 11.6 Å². The fourth-order valence-electron chi connectivity index (χ4n) is 1.37. The van der Waals surface area contributed by atoms with Gasteiger partial charge in [0.15, 0.2) is 0 Å². The number of benzene rings is 1. The lowest BCUT2D eigenvalue weighted by molar-refractivity contribution is -0.121. The van der Waals surface area contributed by atoms with Crippen molar-refractivity contribution in [1.29, 1.82) is 0 Å². The zero-order valence-electron chi connectivity index (χ0n) is 10.7. The minimum absolute atomic E-state index is 0.0484. The second-order valence-corrected chi connectivity index (χ2v) is 4.26. The summed E-state index contributed by atoms with van der Waals surface area (Å²) in [5.41, 5.74) is 1.18. The topological polar surface area (TPSA) is 75.6 Å². The maximum atomic E-state index is 11.5. The quantitative estimate of drug-likeness (QED) is 0.839. The Hall–Kier alpha value is -1.88. The minimum atomic E-state index is -1.07. The standard InChI is InChI=1S/C13H17NO4/c1-8(2)18-7-12(15)14-11-5-4-9(3)6-10(11)13(16)17/h4-6,8H,7H2,1-3H3,(H,14,15)(H,16,17). The van der Waals surface area contributed by atoms with Crippen molar-refractivity contribution < 1.29 is 19.4 Å². The van der Waals surface area contributed by atoms with Crippen molar-refractivity contribution in [2.45, 2.75) is 26.9 Å². The summed E-state index contributed by atoms with van der Waals surface area (Å²) in [7, 11) is 0. The zero-order chi connectivity index (χ0) is 13.7. The van der Waals surface area contributed by atoms with Crippen molar-refractivity contribution >= 4 is 17.6 Å². The molecule has 18 heavy (non-hydrogen) atoms. The number of rotatable bonds is 5. The number of amides is 1. The molecule has 1 aromatic rings. The van der Waals surface area contributed by atoms with E-state index in [1.165, 1.54) is 6.07 Å². The molecule has 98 valence electrons. The Labute approximate surface area is 106 Å². The summed E-state index contributed by atoms with van der Waals surface area (Å²) in [6, 6.07) is 4.83. The minimum Gasteiger partial charge on any atom is -0.478 e. The van der Waals surface area contributed by atoms with Crippen molar-refractivity contribution in [3.05, 3.63) is 29.3 Å². The van der Waals surface area contributed by atoms with Crippen molar-refractivity contribution in [3.8, 4) is 0 Å². The SMILES string of the molecule is Cc1ccc(NC(=O)COC(C)C)c(C(=O)O)c1. The van der Waals surface area contributed by atoms with Gasteiger partial charge in [-0.15, -0.1) is 0 Å². The number of carboxylic acid groups (broad SMARTS) is 1. The highest BCUT2D eigenvalue weighted by molar-refractivity contribution is 6.01. The Morgan fingerprint density at radius 1 is 1.39 bits per heavy atom. The third-order valence-corrected chi connectivity index (χ3v) is 2.23. The summed E-state index contributed by atoms with van der Waals surface area (Å²) < 4.78 is 5.14. The third kappa shape index (κ3) is 4.18. The van der Waals surface area contributed by atoms with E-state index in [0.29, 0.717) is 0 Å². The molecular weight excluding hydrogens is 234 g/mol. The van der Waals surface area contributed by atoms with Crippen molar-refractivity contribution in [3.63, 3.8) is 0 Å². The Morgan fingerprint density at radius 2 is 2.06 bits per heavy atom. The number of anilines is 1. The van der Waals surface area contributed by atoms with E-state index in [-0.39, 0.29) is 29.9 Å². The van der Waals surface area contributed by atoms with Gasteiger partial charge in [0.05, 0.1) is 17.4 Å². The highest BCUT2D eigenvalue weighted by atomic mass is 16.5. The largest absolute Gasteiger partial charge is 0.478 e. The molecule has 0 unspecified atom stereocenters. The van der Waals surface area contributed by atoms with Gasteiger partial charge >= 0.3 is 5.97 Å². The van der Waals surface area contributed by atoms with Gasteiger partial charge in [-0.05, 0) is 32.9 Å². The van der Waals surface area contributed by atoms with Crippen LogP contribution in [0.5, 0.6) is 0 Å². The van der Waals surface area contributed by atoms with Gasteiger partial charge in [-0.25, -0.2) is 4.79 Å². The number of carboxylic acids is 1. The van der Waals surface area contributed by atoms with E-state index in [1.807, 2.05) is 13.8 Å². The molecule has 0 heterocycles. The molecule has 0 bridgehead atoms. The Bertz CT molecular complexity index is 454. The van der Waals surface area contributed by atoms with E-state index in [9.17, 15) is 9.59 Å². The van der Waals surface area contributed by atoms with Gasteiger partial charge in [0.25, 0.3) is 0 Å². The summed E-state index contributed by atoms with van der Waals surface area (Å²) >= 11 is 0. The van der Waals surface area contributed by atoms with E-state index in [1.54, 1.807) is 19.1 Å². The summed E-state index contributed by atoms with van der Waals surface area (Å²) in [6.07, 6.45) is -0.0484. The van der Waals surface area contributed by atoms with Crippen molar-refractivity contribution in [2.75, 3.05) is 11.9 Å². The van der Waals surface area contributed by atoms with Crippen molar-refractivity contribution in [2.24, 2.45) is 0 Å². The van der Waals surface area contributed by atoms with Crippen LogP contribution in [0.15, 0.2) is 18.2 Å². The van der Waals surface area contributed by atoms with Crippen LogP contribution in [0.3, 0.4) is 0 Å². The molecular formula is C13H17NO4. The number of hydrogen-bond donors (Lipinski definition) is 2. The number of carbonyl (C=O) groups is 2. The Balaban J connectivity index is 2.78. The second kappa shape index (κ2) is 6.16. The molecule has 5 heteroatoms. The van der Waals surface area contributed by atoms with Gasteiger partial charge in [-0.2, -0.15) is 0 Å². The molecule has 0 saturated heterocycles. The van der Waals surface area contributed by atoms with Gasteiger partial charge < -0.3 is 15.2 Å². The average molecular weight is 251 g/mol. The fraction of sp³-hybridized carbons (Fsp3) is 0.385. The van der Waals surface area contributed by atoms with Crippen LogP contribution >= 0.6 is 0 Å². The maximum absolute atomic E-state index is 11.5. The molecule has 0 aliphatic carbocycles. The van der Waals surface area contributed by atoms with E-state index in [0.717, 1.165) is 5.56 Å². The van der Waals surface area contributed by atoms with Crippen LogP contribution in [0, 0.1) is 6.92 Å². The number of hydrogen-bond acceptors (Lipinski definition) is 3. The third-order valence-electron chi connectivity index (χ3n) is 2.23. The lowest BCUT2D eigenvalue weighted by Crippen LogP contribution is -2.22. The number of nitrogens with one attached hydrogen (secondary N) is 1. The summed E-state index contributed by atoms with van der Waals surface area (Å²) in [5, 5.41) is 11.6. The predicted molar refractivity (Wildman–Crippen MR) is 67.9 cm³/mol. The summed E-state index contributed by atoms with van der Waals surface area (Å²) in [6.45, 7) is 5.34. The number of carbonyl (C=O) groups excluding carboxylic acids is 1. The van der Waals surface area contributed by atoms with Crippen LogP contribution in [0.25, 0.3) is 0 Å². The van der Waals surface area contributed by atoms with Crippen LogP contribution in [0.2, 0.25) is 0 Å². The summed E-state index contributed by atoms with van der Waals surface area (Å²) in [4.78, 5) is 22.6. The molecule has 0 aliphatic heterocycles. The first kappa shape index (κ1) is 14.2. The summed E-state index contributed by atoms with van der Waals surface area (Å²) in [5.74, 6) is -1.44. The predicted octanol–water partition coefficient (Wildman–Crippen LogP) is 2.06. The van der Waals surface area contributed by atoms with E-state index < -0.39 is 5.97 Å². The molecule has 1 amide bonds. The molecule has 0 aliphatic rings. The molecule has 0 radical (unpaired) electrons. The average Bonchev–Trinajstić information content (AvgIpc) is 2.28. The molecule has 0 atom stereocenters. The van der Waals surface area contributed by atoms with Gasteiger partial charge in [0, 0.05) is 0 Å². The fourth-order valence-corrected chi connectivity index (χ4v) is 1.37. The Morgan fingerprint density at radius 3 is 2.61 bits per heavy atom. The molecule has 1 rings (SSSR count). The molecule has 0 spiro atoms. The van der Waals surface area contributed by atoms with Crippen LogP contribution in [0.1, 0.15) is 29.8 Å². The highest BCUT2D eigenvalue weighted by Crippen LogP contribution is 2.17. The van der Waals surface area contributed by atoms with Crippen LogP contribution in [0.4, 0.5) is 5.69 Å². The maximum Gasteiger partial charge on any atom is 0.337 e. The number of aryl methyl sites for hydroxylation is 1. The van der Waals surface area contributed by atoms with E-state index in [2.05, 4.69) is 5.32 Å². The Kier molecular flexibility index (Phi) is 4.85. The highest BCUT2D eigenvalue weighted by Gasteiger charge is 2.12. The molecule has 0 saturated carbocycles. The first-order chi connectivity index (χ1) is 8.40. The van der Waals surface area contributed by atoms with Gasteiger partial charge in [-0.3, -0.25) is 4.79 Å². The lowest BCUT2D eigenvalue weighted by atomic mass is 10.1. The number of aromatic carboxylic acids is 1. The van der Waals surface area contributed by atoms with Gasteiger partial charge in [0.1, 0.15) is 6.61 Å². The zero-order valence-corrected chi connectivity index (χ0v) is 10.7. The second-order valence-electron chi connectivity index (χ2n) is 4.26. The first-order valence-electron chi connectivity index (χ1n) is 5.65. The van der Waals surface area contributed by atoms with Crippen LogP contribution in [-0.2, 0) is 9.53 Å². The molecule has 1 aromatic carbocycles. The molecule has 5 nitrogen and oxygen atoms in total. The van der Waals surface area contributed by atoms with E-state index >= 15 is 0 Å². The monoisotopic (exact) mass is 251 g/mol. The normalized spacial score (nSPS) is 10.4. The van der Waals surface area contributed by atoms with Gasteiger partial charge in [0.2, 0.25) is 5.91 Å². The molecule has 2 N–H and O–H groups in total. The number of ether oxygens (including phenoxy) is 1.